The molecule has 1 rings (SSSR count). The van der Waals surface area contributed by atoms with Crippen molar-refractivity contribution in [1.29, 1.82) is 0 Å². The van der Waals surface area contributed by atoms with Crippen molar-refractivity contribution in [1.82, 2.24) is 4.53 Å². The number of hydrogen-bond donors (Lipinski definition) is 0. The summed E-state index contributed by atoms with van der Waals surface area (Å²) in [6.07, 6.45) is 0. The van der Waals surface area contributed by atoms with Crippen LogP contribution in [0.25, 0.3) is 0 Å². The lowest BCUT2D eigenvalue weighted by Crippen LogP contribution is -2.47. The predicted octanol–water partition coefficient (Wildman–Crippen LogP) is 2.43. The standard InChI is InChI=1S/C9H11Cl2N2O/c1-12(10)13(2,11)9(14)8-6-4-3-5-7-8/h3-7H,1-2H3/q+1. The van der Waals surface area contributed by atoms with Gasteiger partial charge in [-0.1, -0.05) is 22.3 Å². The van der Waals surface area contributed by atoms with Gasteiger partial charge in [-0.3, -0.25) is 0 Å². The van der Waals surface area contributed by atoms with Crippen LogP contribution in [-0.2, 0) is 0 Å². The third kappa shape index (κ3) is 2.25. The van der Waals surface area contributed by atoms with E-state index in [1.165, 1.54) is 14.1 Å². The average Bonchev–Trinajstić information content (AvgIpc) is 2.17. The van der Waals surface area contributed by atoms with Crippen LogP contribution in [0.5, 0.6) is 0 Å². The first-order chi connectivity index (χ1) is 6.46. The fourth-order valence-electron chi connectivity index (χ4n) is 0.942. The molecule has 0 aliphatic rings. The van der Waals surface area contributed by atoms with Crippen molar-refractivity contribution in [2.24, 2.45) is 0 Å². The van der Waals surface area contributed by atoms with E-state index in [0.717, 1.165) is 4.53 Å². The lowest BCUT2D eigenvalue weighted by atomic mass is 10.2. The molecule has 1 unspecified atom stereocenters. The third-order valence-electron chi connectivity index (χ3n) is 1.91. The van der Waals surface area contributed by atoms with E-state index >= 15 is 0 Å². The van der Waals surface area contributed by atoms with Crippen LogP contribution in [0.2, 0.25) is 0 Å². The zero-order valence-corrected chi connectivity index (χ0v) is 9.46. The van der Waals surface area contributed by atoms with Gasteiger partial charge in [0, 0.05) is 11.8 Å². The van der Waals surface area contributed by atoms with E-state index in [-0.39, 0.29) is 5.91 Å². The predicted molar refractivity (Wildman–Crippen MR) is 56.4 cm³/mol. The van der Waals surface area contributed by atoms with E-state index in [1.54, 1.807) is 24.3 Å². The Kier molecular flexibility index (Phi) is 3.50. The minimum atomic E-state index is -0.536. The lowest BCUT2D eigenvalue weighted by Gasteiger charge is -2.24. The highest BCUT2D eigenvalue weighted by Crippen LogP contribution is 2.19. The average molecular weight is 234 g/mol. The van der Waals surface area contributed by atoms with Gasteiger partial charge in [-0.05, 0) is 16.7 Å². The SMILES string of the molecule is CN(Cl)[N+](C)(Cl)C(=O)c1ccccc1. The van der Waals surface area contributed by atoms with E-state index in [2.05, 4.69) is 0 Å². The Balaban J connectivity index is 2.97. The molecule has 1 amide bonds. The summed E-state index contributed by atoms with van der Waals surface area (Å²) in [5.41, 5.74) is 0.525. The maximum atomic E-state index is 11.8. The van der Waals surface area contributed by atoms with E-state index < -0.39 is 4.11 Å². The fourth-order valence-corrected chi connectivity index (χ4v) is 1.11. The molecule has 3 nitrogen and oxygen atoms in total. The largest absolute Gasteiger partial charge is 0.384 e. The topological polar surface area (TPSA) is 20.3 Å². The monoisotopic (exact) mass is 233 g/mol. The molecule has 0 radical (unpaired) electrons. The van der Waals surface area contributed by atoms with Crippen molar-refractivity contribution in [3.05, 3.63) is 35.9 Å². The Bertz CT molecular complexity index is 325. The number of carbonyl (C=O) groups excluding carboxylic acids is 1. The molecule has 14 heavy (non-hydrogen) atoms. The molecule has 0 aliphatic heterocycles. The van der Waals surface area contributed by atoms with Crippen LogP contribution in [-0.4, -0.2) is 28.6 Å². The van der Waals surface area contributed by atoms with Crippen LogP contribution in [0, 0.1) is 0 Å². The van der Waals surface area contributed by atoms with Gasteiger partial charge >= 0.3 is 5.91 Å². The van der Waals surface area contributed by atoms with Gasteiger partial charge in [0.25, 0.3) is 0 Å². The molecular formula is C9H11Cl2N2O+. The number of benzene rings is 1. The maximum Gasteiger partial charge on any atom is 0.384 e. The molecule has 0 bridgehead atoms. The molecule has 0 saturated carbocycles. The van der Waals surface area contributed by atoms with Gasteiger partial charge in [-0.15, -0.1) is 0 Å². The highest BCUT2D eigenvalue weighted by molar-refractivity contribution is 6.19. The van der Waals surface area contributed by atoms with Crippen molar-refractivity contribution in [3.63, 3.8) is 0 Å². The molecule has 1 atom stereocenters. The number of nitrogens with zero attached hydrogens (tertiary/aromatic N) is 2. The minimum Gasteiger partial charge on any atom is -0.222 e. The van der Waals surface area contributed by atoms with Crippen molar-refractivity contribution >= 4 is 29.5 Å². The van der Waals surface area contributed by atoms with Crippen LogP contribution < -0.4 is 0 Å². The third-order valence-corrected chi connectivity index (χ3v) is 2.67. The maximum absolute atomic E-state index is 11.8. The first-order valence-electron chi connectivity index (χ1n) is 4.02. The quantitative estimate of drug-likeness (QED) is 0.578. The summed E-state index contributed by atoms with van der Waals surface area (Å²) in [6.45, 7) is 0. The minimum absolute atomic E-state index is 0.273. The molecule has 1 aromatic carbocycles. The summed E-state index contributed by atoms with van der Waals surface area (Å²) in [7, 11) is 3.03. The van der Waals surface area contributed by atoms with Gasteiger partial charge in [-0.25, -0.2) is 4.79 Å². The van der Waals surface area contributed by atoms with E-state index in [1.807, 2.05) is 6.07 Å². The van der Waals surface area contributed by atoms with Gasteiger partial charge in [0.15, 0.2) is 11.8 Å². The Morgan fingerprint density at radius 3 is 2.29 bits per heavy atom. The molecule has 0 aliphatic carbocycles. The van der Waals surface area contributed by atoms with Gasteiger partial charge in [0.2, 0.25) is 0 Å². The molecular weight excluding hydrogens is 223 g/mol. The number of quaternary nitrogens is 1. The highest BCUT2D eigenvalue weighted by atomic mass is 35.5. The molecule has 0 N–H and O–H groups in total. The van der Waals surface area contributed by atoms with Crippen LogP contribution in [0.1, 0.15) is 10.4 Å². The smallest absolute Gasteiger partial charge is 0.222 e. The molecule has 5 heteroatoms. The molecule has 0 fully saturated rings. The molecule has 0 aromatic heterocycles. The first kappa shape index (κ1) is 11.5. The van der Waals surface area contributed by atoms with E-state index in [4.69, 9.17) is 23.6 Å². The van der Waals surface area contributed by atoms with E-state index in [9.17, 15) is 4.79 Å². The van der Waals surface area contributed by atoms with Gasteiger partial charge in [0.1, 0.15) is 7.05 Å². The summed E-state index contributed by atoms with van der Waals surface area (Å²) >= 11 is 11.6. The number of rotatable bonds is 2. The molecule has 0 heterocycles. The second-order valence-corrected chi connectivity index (χ2v) is 4.12. The summed E-state index contributed by atoms with van der Waals surface area (Å²) in [4.78, 5) is 11.8. The summed E-state index contributed by atoms with van der Waals surface area (Å²) in [5, 5.41) is 0. The number of amides is 1. The normalized spacial score (nSPS) is 15.2. The number of carbonyl (C=O) groups is 1. The van der Waals surface area contributed by atoms with Crippen molar-refractivity contribution in [3.8, 4) is 0 Å². The van der Waals surface area contributed by atoms with Crippen LogP contribution >= 0.6 is 23.6 Å². The molecule has 76 valence electrons. The molecule has 0 saturated heterocycles. The first-order valence-corrected chi connectivity index (χ1v) is 4.70. The molecule has 1 aromatic rings. The Morgan fingerprint density at radius 2 is 1.86 bits per heavy atom. The summed E-state index contributed by atoms with van der Waals surface area (Å²) < 4.78 is 0.572. The number of halogens is 2. The van der Waals surface area contributed by atoms with Crippen molar-refractivity contribution in [2.75, 3.05) is 14.1 Å². The van der Waals surface area contributed by atoms with Crippen LogP contribution in [0.3, 0.4) is 0 Å². The lowest BCUT2D eigenvalue weighted by molar-refractivity contribution is -0.815. The van der Waals surface area contributed by atoms with Gasteiger partial charge in [0.05, 0.1) is 12.6 Å². The Labute approximate surface area is 93.2 Å². The Morgan fingerprint density at radius 1 is 1.36 bits per heavy atom. The second kappa shape index (κ2) is 4.28. The summed E-state index contributed by atoms with van der Waals surface area (Å²) in [5.74, 6) is -0.273. The fraction of sp³-hybridized carbons (Fsp3) is 0.222. The van der Waals surface area contributed by atoms with Crippen LogP contribution in [0.4, 0.5) is 0 Å². The van der Waals surface area contributed by atoms with Gasteiger partial charge in [-0.2, -0.15) is 0 Å². The zero-order chi connectivity index (χ0) is 10.8. The number of hydrogen-bond acceptors (Lipinski definition) is 2. The van der Waals surface area contributed by atoms with E-state index in [0.29, 0.717) is 5.56 Å². The summed E-state index contributed by atoms with van der Waals surface area (Å²) in [6, 6.07) is 8.78. The zero-order valence-electron chi connectivity index (χ0n) is 7.95. The van der Waals surface area contributed by atoms with Crippen LogP contribution in [0.15, 0.2) is 30.3 Å². The van der Waals surface area contributed by atoms with Gasteiger partial charge < -0.3 is 0 Å². The second-order valence-electron chi connectivity index (χ2n) is 2.97. The molecule has 0 spiro atoms. The van der Waals surface area contributed by atoms with Crippen molar-refractivity contribution < 1.29 is 8.91 Å². The highest BCUT2D eigenvalue weighted by Gasteiger charge is 2.36. The Hall–Kier alpha value is -0.610. The van der Waals surface area contributed by atoms with Crippen molar-refractivity contribution in [2.45, 2.75) is 0 Å².